The summed E-state index contributed by atoms with van der Waals surface area (Å²) < 4.78 is 5.10. The van der Waals surface area contributed by atoms with Gasteiger partial charge in [-0.05, 0) is 0 Å². The van der Waals surface area contributed by atoms with Gasteiger partial charge in [0.25, 0.3) is 0 Å². The Kier molecular flexibility index (Phi) is 19.8. The van der Waals surface area contributed by atoms with Crippen LogP contribution in [0.3, 0.4) is 0 Å². The van der Waals surface area contributed by atoms with Gasteiger partial charge in [-0.2, -0.15) is 0 Å². The van der Waals surface area contributed by atoms with E-state index in [2.05, 4.69) is 24.4 Å². The number of methoxy groups -OCH3 is 1. The average molecular weight is 539 g/mol. The number of benzene rings is 1. The summed E-state index contributed by atoms with van der Waals surface area (Å²) in [6.07, 6.45) is 24.3. The Morgan fingerprint density at radius 2 is 1.53 bits per heavy atom. The van der Waals surface area contributed by atoms with Crippen LogP contribution >= 0.6 is 0 Å². The van der Waals surface area contributed by atoms with Crippen LogP contribution in [0.1, 0.15) is 109 Å². The molecule has 0 bridgehead atoms. The number of hydrogen-bond donors (Lipinski definition) is 2. The molecule has 0 unspecified atom stereocenters. The van der Waals surface area contributed by atoms with E-state index in [-0.39, 0.29) is 11.7 Å². The standard InChI is InChI=1S/C29H49NO3Se/c1-3-4-5-6-7-8-9-10-11-12-13-14-15-16-17-18-22-34-23-21-29(32)30-25-26-19-20-27(31)28(24-26)33-2/h10-11,19-20,24,31H,3-9,12-18,21-23,25H2,1-2H3,(H,30,32)/b11-10-. The molecule has 2 N–H and O–H groups in total. The zero-order chi connectivity index (χ0) is 24.7. The van der Waals surface area contributed by atoms with Gasteiger partial charge in [0, 0.05) is 0 Å². The number of ether oxygens (including phenoxy) is 1. The van der Waals surface area contributed by atoms with E-state index < -0.39 is 0 Å². The van der Waals surface area contributed by atoms with E-state index in [1.807, 2.05) is 0 Å². The SMILES string of the molecule is CCCCCCCC/C=C\CCCCCCCC[Se]CCC(=O)NCc1ccc(O)c(OC)c1. The summed E-state index contributed by atoms with van der Waals surface area (Å²) in [6, 6.07) is 5.15. The average Bonchev–Trinajstić information content (AvgIpc) is 2.85. The van der Waals surface area contributed by atoms with Crippen molar-refractivity contribution in [2.24, 2.45) is 0 Å². The van der Waals surface area contributed by atoms with Crippen LogP contribution in [0.15, 0.2) is 30.4 Å². The first-order valence-corrected chi connectivity index (χ1v) is 15.9. The van der Waals surface area contributed by atoms with Crippen molar-refractivity contribution in [3.8, 4) is 11.5 Å². The second-order valence-corrected chi connectivity index (χ2v) is 11.7. The van der Waals surface area contributed by atoms with E-state index >= 15 is 0 Å². The van der Waals surface area contributed by atoms with E-state index in [1.165, 1.54) is 102 Å². The monoisotopic (exact) mass is 539 g/mol. The number of phenols is 1. The van der Waals surface area contributed by atoms with Crippen LogP contribution in [0.25, 0.3) is 0 Å². The van der Waals surface area contributed by atoms with E-state index in [4.69, 9.17) is 4.74 Å². The molecule has 1 aromatic carbocycles. The molecule has 1 amide bonds. The molecule has 0 saturated heterocycles. The molecule has 0 radical (unpaired) electrons. The van der Waals surface area contributed by atoms with Crippen LogP contribution < -0.4 is 10.1 Å². The molecule has 0 aromatic heterocycles. The first kappa shape index (κ1) is 30.6. The molecule has 1 rings (SSSR count). The molecule has 0 atom stereocenters. The normalized spacial score (nSPS) is 11.2. The molecule has 0 aliphatic heterocycles. The molecule has 194 valence electrons. The molecule has 5 heteroatoms. The van der Waals surface area contributed by atoms with Crippen LogP contribution in [-0.4, -0.2) is 33.1 Å². The van der Waals surface area contributed by atoms with E-state index in [0.717, 1.165) is 10.9 Å². The first-order valence-electron chi connectivity index (χ1n) is 13.5. The van der Waals surface area contributed by atoms with Crippen molar-refractivity contribution in [1.29, 1.82) is 0 Å². The summed E-state index contributed by atoms with van der Waals surface area (Å²) in [4.78, 5) is 12.0. The number of aromatic hydroxyl groups is 1. The van der Waals surface area contributed by atoms with Gasteiger partial charge in [-0.25, -0.2) is 0 Å². The maximum absolute atomic E-state index is 12.0. The minimum absolute atomic E-state index is 0.106. The predicted molar refractivity (Wildman–Crippen MR) is 146 cm³/mol. The fourth-order valence-corrected chi connectivity index (χ4v) is 5.82. The van der Waals surface area contributed by atoms with Gasteiger partial charge in [-0.15, -0.1) is 0 Å². The van der Waals surface area contributed by atoms with E-state index in [9.17, 15) is 9.90 Å². The summed E-state index contributed by atoms with van der Waals surface area (Å²) in [5.74, 6) is 0.659. The third-order valence-corrected chi connectivity index (χ3v) is 8.25. The Labute approximate surface area is 215 Å². The molecule has 0 aliphatic carbocycles. The number of rotatable bonds is 22. The Balaban J connectivity index is 1.84. The summed E-state index contributed by atoms with van der Waals surface area (Å²) in [5, 5.41) is 14.9. The topological polar surface area (TPSA) is 58.6 Å². The molecule has 0 fully saturated rings. The Hall–Kier alpha value is -1.45. The summed E-state index contributed by atoms with van der Waals surface area (Å²) >= 11 is 0.569. The van der Waals surface area contributed by atoms with Crippen LogP contribution in [0, 0.1) is 0 Å². The maximum atomic E-state index is 12.0. The van der Waals surface area contributed by atoms with Crippen molar-refractivity contribution in [3.05, 3.63) is 35.9 Å². The molecule has 0 heterocycles. The number of hydrogen-bond acceptors (Lipinski definition) is 3. The first-order chi connectivity index (χ1) is 16.7. The number of allylic oxidation sites excluding steroid dienone is 2. The predicted octanol–water partition coefficient (Wildman–Crippen LogP) is 7.99. The second-order valence-electron chi connectivity index (χ2n) is 9.08. The van der Waals surface area contributed by atoms with Gasteiger partial charge in [0.05, 0.1) is 0 Å². The van der Waals surface area contributed by atoms with Gasteiger partial charge in [0.15, 0.2) is 0 Å². The van der Waals surface area contributed by atoms with Crippen LogP contribution in [-0.2, 0) is 11.3 Å². The molecule has 34 heavy (non-hydrogen) atoms. The van der Waals surface area contributed by atoms with E-state index in [0.29, 0.717) is 33.7 Å². The fraction of sp³-hybridized carbons (Fsp3) is 0.690. The third-order valence-electron chi connectivity index (χ3n) is 6.01. The quantitative estimate of drug-likeness (QED) is 0.0894. The molecule has 1 aromatic rings. The van der Waals surface area contributed by atoms with Gasteiger partial charge in [-0.3, -0.25) is 0 Å². The minimum atomic E-state index is 0.106. The van der Waals surface area contributed by atoms with Crippen molar-refractivity contribution >= 4 is 20.9 Å². The number of carbonyl (C=O) groups excluding carboxylic acids is 1. The molecule has 0 aliphatic rings. The Morgan fingerprint density at radius 1 is 0.912 bits per heavy atom. The zero-order valence-corrected chi connectivity index (χ0v) is 23.5. The van der Waals surface area contributed by atoms with Crippen LogP contribution in [0.4, 0.5) is 0 Å². The second kappa shape index (κ2) is 22.0. The summed E-state index contributed by atoms with van der Waals surface area (Å²) in [7, 11) is 1.52. The number of phenolic OH excluding ortho intramolecular Hbond substituents is 1. The van der Waals surface area contributed by atoms with Crippen molar-refractivity contribution in [3.63, 3.8) is 0 Å². The third kappa shape index (κ3) is 17.1. The fourth-order valence-electron chi connectivity index (χ4n) is 3.84. The van der Waals surface area contributed by atoms with Gasteiger partial charge < -0.3 is 0 Å². The number of carbonyl (C=O) groups is 1. The van der Waals surface area contributed by atoms with E-state index in [1.54, 1.807) is 18.2 Å². The number of unbranched alkanes of at least 4 members (excludes halogenated alkanes) is 12. The molecular weight excluding hydrogens is 489 g/mol. The summed E-state index contributed by atoms with van der Waals surface area (Å²) in [5.41, 5.74) is 0.928. The Bertz CT molecular complexity index is 663. The van der Waals surface area contributed by atoms with Gasteiger partial charge in [-0.1, -0.05) is 39.0 Å². The molecule has 4 nitrogen and oxygen atoms in total. The van der Waals surface area contributed by atoms with Gasteiger partial charge >= 0.3 is 177 Å². The number of amides is 1. The molecule has 0 spiro atoms. The van der Waals surface area contributed by atoms with Crippen molar-refractivity contribution in [2.45, 2.75) is 120 Å². The van der Waals surface area contributed by atoms with Crippen LogP contribution in [0.2, 0.25) is 10.6 Å². The van der Waals surface area contributed by atoms with Crippen LogP contribution in [0.5, 0.6) is 11.5 Å². The van der Waals surface area contributed by atoms with Gasteiger partial charge in [0.1, 0.15) is 0 Å². The summed E-state index contributed by atoms with van der Waals surface area (Å²) in [6.45, 7) is 2.74. The molecule has 0 saturated carbocycles. The Morgan fingerprint density at radius 3 is 2.18 bits per heavy atom. The molecular formula is C29H49NO3Se. The van der Waals surface area contributed by atoms with Gasteiger partial charge in [0.2, 0.25) is 0 Å². The van der Waals surface area contributed by atoms with Crippen molar-refractivity contribution in [1.82, 2.24) is 5.32 Å². The van der Waals surface area contributed by atoms with Crippen molar-refractivity contribution < 1.29 is 14.6 Å². The zero-order valence-electron chi connectivity index (χ0n) is 21.8. The van der Waals surface area contributed by atoms with Crippen molar-refractivity contribution in [2.75, 3.05) is 7.11 Å². The number of nitrogens with one attached hydrogen (secondary N) is 1.